The third kappa shape index (κ3) is 6.78. The summed E-state index contributed by atoms with van der Waals surface area (Å²) in [7, 11) is -1.43. The highest BCUT2D eigenvalue weighted by Crippen LogP contribution is 2.29. The number of hydrogen-bond acceptors (Lipinski definition) is 4. The van der Waals surface area contributed by atoms with Gasteiger partial charge in [-0.2, -0.15) is 13.2 Å². The number of amides is 1. The number of nitrogens with one attached hydrogen (secondary N) is 1. The zero-order valence-corrected chi connectivity index (χ0v) is 22.1. The molecule has 5 rings (SSSR count). The fourth-order valence-electron chi connectivity index (χ4n) is 4.93. The Morgan fingerprint density at radius 1 is 1.00 bits per heavy atom. The maximum absolute atomic E-state index is 13.0. The molecule has 0 aliphatic carbocycles. The van der Waals surface area contributed by atoms with Crippen LogP contribution in [0.5, 0.6) is 0 Å². The molecule has 4 aromatic rings. The van der Waals surface area contributed by atoms with Gasteiger partial charge in [-0.1, -0.05) is 42.5 Å². The van der Waals surface area contributed by atoms with Crippen molar-refractivity contribution in [2.75, 3.05) is 13.1 Å². The van der Waals surface area contributed by atoms with E-state index in [0.29, 0.717) is 17.0 Å². The number of likely N-dealkylation sites (tertiary alicyclic amines) is 1. The van der Waals surface area contributed by atoms with Crippen LogP contribution in [0.3, 0.4) is 0 Å². The number of hydrogen-bond donors (Lipinski definition) is 1. The first kappa shape index (κ1) is 27.1. The topological polar surface area (TPSA) is 62.6 Å². The van der Waals surface area contributed by atoms with E-state index in [1.807, 2.05) is 30.3 Å². The lowest BCUT2D eigenvalue weighted by molar-refractivity contribution is -0.137. The number of fused-ring (bicyclic) bond motifs is 1. The van der Waals surface area contributed by atoms with Gasteiger partial charge >= 0.3 is 6.18 Å². The molecule has 1 aliphatic rings. The number of para-hydroxylation sites is 1. The second-order valence-electron chi connectivity index (χ2n) is 9.74. The molecule has 2 atom stereocenters. The Morgan fingerprint density at radius 3 is 2.56 bits per heavy atom. The second-order valence-corrected chi connectivity index (χ2v) is 11.2. The summed E-state index contributed by atoms with van der Waals surface area (Å²) in [6.07, 6.45) is -1.93. The van der Waals surface area contributed by atoms with E-state index in [9.17, 15) is 22.2 Å². The molecule has 1 aliphatic heterocycles. The predicted octanol–water partition coefficient (Wildman–Crippen LogP) is 6.08. The standard InChI is InChI=1S/C30H29F3N2O3S/c31-30(32,33)24-12-10-21(11-13-24)20-39(37)26-7-3-5-22(17-26)19-34-29(36)27-8-4-15-35(27)16-14-25-18-23-6-1-2-9-28(23)38-25/h1-3,5-7,9-13,17-18,27H,4,8,14-16,19-20H2,(H,34,36). The van der Waals surface area contributed by atoms with Crippen LogP contribution in [0.15, 0.2) is 88.2 Å². The van der Waals surface area contributed by atoms with E-state index < -0.39 is 22.5 Å². The number of nitrogens with zero attached hydrogens (tertiary/aromatic N) is 1. The summed E-state index contributed by atoms with van der Waals surface area (Å²) in [6, 6.07) is 21.6. The second kappa shape index (κ2) is 11.8. The number of carbonyl (C=O) groups is 1. The lowest BCUT2D eigenvalue weighted by Crippen LogP contribution is -2.43. The van der Waals surface area contributed by atoms with Crippen LogP contribution in [0.1, 0.15) is 35.3 Å². The van der Waals surface area contributed by atoms with E-state index in [1.165, 1.54) is 12.1 Å². The summed E-state index contributed by atoms with van der Waals surface area (Å²) in [5, 5.41) is 4.09. The molecule has 2 unspecified atom stereocenters. The van der Waals surface area contributed by atoms with E-state index >= 15 is 0 Å². The average Bonchev–Trinajstić information content (AvgIpc) is 3.57. The van der Waals surface area contributed by atoms with Crippen molar-refractivity contribution in [1.29, 1.82) is 0 Å². The molecule has 2 heterocycles. The van der Waals surface area contributed by atoms with Crippen molar-refractivity contribution in [2.24, 2.45) is 0 Å². The van der Waals surface area contributed by atoms with Crippen molar-refractivity contribution in [1.82, 2.24) is 10.2 Å². The highest BCUT2D eigenvalue weighted by Gasteiger charge is 2.31. The molecule has 1 amide bonds. The van der Waals surface area contributed by atoms with E-state index in [4.69, 9.17) is 4.42 Å². The highest BCUT2D eigenvalue weighted by atomic mass is 32.2. The lowest BCUT2D eigenvalue weighted by Gasteiger charge is -2.23. The Morgan fingerprint density at radius 2 is 1.79 bits per heavy atom. The number of alkyl halides is 3. The minimum atomic E-state index is -4.40. The van der Waals surface area contributed by atoms with Gasteiger partial charge in [-0.05, 0) is 66.9 Å². The SMILES string of the molecule is O=C(NCc1cccc(S(=O)Cc2ccc(C(F)(F)F)cc2)c1)C1CCCN1CCc1cc2ccccc2o1. The van der Waals surface area contributed by atoms with Gasteiger partial charge in [0.05, 0.1) is 28.2 Å². The normalized spacial score (nSPS) is 16.9. The van der Waals surface area contributed by atoms with E-state index in [1.54, 1.807) is 18.2 Å². The Labute approximate surface area is 227 Å². The summed E-state index contributed by atoms with van der Waals surface area (Å²) in [5.41, 5.74) is 1.51. The lowest BCUT2D eigenvalue weighted by atomic mass is 10.1. The van der Waals surface area contributed by atoms with Crippen molar-refractivity contribution < 1.29 is 26.6 Å². The first-order chi connectivity index (χ1) is 18.8. The number of benzene rings is 3. The van der Waals surface area contributed by atoms with Crippen molar-refractivity contribution in [3.63, 3.8) is 0 Å². The molecular formula is C30H29F3N2O3S. The van der Waals surface area contributed by atoms with Gasteiger partial charge in [0.2, 0.25) is 5.91 Å². The fourth-order valence-corrected chi connectivity index (χ4v) is 6.11. The van der Waals surface area contributed by atoms with Crippen LogP contribution in [0.4, 0.5) is 13.2 Å². The molecule has 1 N–H and O–H groups in total. The molecule has 1 fully saturated rings. The summed E-state index contributed by atoms with van der Waals surface area (Å²) < 4.78 is 57.2. The number of furan rings is 1. The Bertz CT molecular complexity index is 1430. The summed E-state index contributed by atoms with van der Waals surface area (Å²) in [5.74, 6) is 0.979. The van der Waals surface area contributed by atoms with E-state index in [-0.39, 0.29) is 17.7 Å². The van der Waals surface area contributed by atoms with Gasteiger partial charge in [0.15, 0.2) is 0 Å². The molecule has 39 heavy (non-hydrogen) atoms. The van der Waals surface area contributed by atoms with Crippen LogP contribution >= 0.6 is 0 Å². The van der Waals surface area contributed by atoms with Crippen molar-refractivity contribution in [3.05, 3.63) is 101 Å². The van der Waals surface area contributed by atoms with Crippen LogP contribution in [-0.2, 0) is 40.5 Å². The molecule has 5 nitrogen and oxygen atoms in total. The molecular weight excluding hydrogens is 525 g/mol. The molecule has 1 aromatic heterocycles. The maximum atomic E-state index is 13.0. The third-order valence-corrected chi connectivity index (χ3v) is 8.37. The van der Waals surface area contributed by atoms with Crippen molar-refractivity contribution >= 4 is 27.7 Å². The number of rotatable bonds is 9. The van der Waals surface area contributed by atoms with E-state index in [2.05, 4.69) is 16.3 Å². The van der Waals surface area contributed by atoms with Gasteiger partial charge in [0, 0.05) is 29.8 Å². The van der Waals surface area contributed by atoms with Crippen LogP contribution in [0.2, 0.25) is 0 Å². The highest BCUT2D eigenvalue weighted by molar-refractivity contribution is 7.84. The molecule has 0 radical (unpaired) electrons. The molecule has 0 bridgehead atoms. The third-order valence-electron chi connectivity index (χ3n) is 7.00. The Balaban J connectivity index is 1.14. The minimum Gasteiger partial charge on any atom is -0.461 e. The van der Waals surface area contributed by atoms with Crippen LogP contribution in [-0.4, -0.2) is 34.1 Å². The molecule has 3 aromatic carbocycles. The van der Waals surface area contributed by atoms with Gasteiger partial charge in [0.1, 0.15) is 11.3 Å². The van der Waals surface area contributed by atoms with Crippen LogP contribution in [0, 0.1) is 0 Å². The maximum Gasteiger partial charge on any atom is 0.416 e. The van der Waals surface area contributed by atoms with Gasteiger partial charge < -0.3 is 9.73 Å². The Kier molecular flexibility index (Phi) is 8.18. The first-order valence-corrected chi connectivity index (χ1v) is 14.2. The van der Waals surface area contributed by atoms with Crippen molar-refractivity contribution in [3.8, 4) is 0 Å². The quantitative estimate of drug-likeness (QED) is 0.272. The van der Waals surface area contributed by atoms with Gasteiger partial charge in [-0.3, -0.25) is 13.9 Å². The zero-order valence-electron chi connectivity index (χ0n) is 21.2. The van der Waals surface area contributed by atoms with Gasteiger partial charge in [-0.15, -0.1) is 0 Å². The average molecular weight is 555 g/mol. The molecule has 9 heteroatoms. The van der Waals surface area contributed by atoms with Gasteiger partial charge in [0.25, 0.3) is 0 Å². The smallest absolute Gasteiger partial charge is 0.416 e. The summed E-state index contributed by atoms with van der Waals surface area (Å²) in [6.45, 7) is 1.89. The summed E-state index contributed by atoms with van der Waals surface area (Å²) in [4.78, 5) is 15.8. The molecule has 0 saturated carbocycles. The number of carbonyl (C=O) groups excluding carboxylic acids is 1. The first-order valence-electron chi connectivity index (χ1n) is 12.9. The molecule has 1 saturated heterocycles. The monoisotopic (exact) mass is 554 g/mol. The van der Waals surface area contributed by atoms with E-state index in [0.717, 1.165) is 66.8 Å². The Hall–Kier alpha value is -3.43. The van der Waals surface area contributed by atoms with Gasteiger partial charge in [-0.25, -0.2) is 0 Å². The molecule has 204 valence electrons. The predicted molar refractivity (Wildman–Crippen MR) is 144 cm³/mol. The zero-order chi connectivity index (χ0) is 27.4. The minimum absolute atomic E-state index is 0.0339. The summed E-state index contributed by atoms with van der Waals surface area (Å²) >= 11 is 0. The van der Waals surface area contributed by atoms with Crippen LogP contribution < -0.4 is 5.32 Å². The fraction of sp³-hybridized carbons (Fsp3) is 0.300. The van der Waals surface area contributed by atoms with Crippen molar-refractivity contribution in [2.45, 2.75) is 48.7 Å². The molecule has 0 spiro atoms. The van der Waals surface area contributed by atoms with Crippen LogP contribution in [0.25, 0.3) is 11.0 Å². The largest absolute Gasteiger partial charge is 0.461 e. The number of halogens is 3.